The highest BCUT2D eigenvalue weighted by molar-refractivity contribution is 5.57. The predicted molar refractivity (Wildman–Crippen MR) is 117 cm³/mol. The molecule has 0 radical (unpaired) electrons. The molecular formula is C25H28FN3O2. The van der Waals surface area contributed by atoms with Crippen molar-refractivity contribution in [1.82, 2.24) is 15.4 Å². The fourth-order valence-corrected chi connectivity index (χ4v) is 4.86. The number of benzene rings is 2. The third kappa shape index (κ3) is 4.65. The van der Waals surface area contributed by atoms with Crippen molar-refractivity contribution in [2.24, 2.45) is 0 Å². The van der Waals surface area contributed by atoms with Crippen molar-refractivity contribution in [2.45, 2.75) is 57.0 Å². The van der Waals surface area contributed by atoms with Crippen LogP contribution in [-0.2, 0) is 13.1 Å². The topological polar surface area (TPSA) is 50.5 Å². The number of ether oxygens (including phenoxy) is 1. The molecule has 0 spiro atoms. The van der Waals surface area contributed by atoms with Crippen molar-refractivity contribution < 1.29 is 13.7 Å². The summed E-state index contributed by atoms with van der Waals surface area (Å²) in [4.78, 5) is 2.53. The highest BCUT2D eigenvalue weighted by atomic mass is 19.1. The van der Waals surface area contributed by atoms with E-state index >= 15 is 0 Å². The molecule has 2 unspecified atom stereocenters. The second-order valence-electron chi connectivity index (χ2n) is 8.70. The number of aromatic nitrogens is 1. The van der Waals surface area contributed by atoms with Gasteiger partial charge in [-0.25, -0.2) is 4.39 Å². The van der Waals surface area contributed by atoms with Gasteiger partial charge < -0.3 is 19.5 Å². The van der Waals surface area contributed by atoms with Gasteiger partial charge in [-0.1, -0.05) is 17.3 Å². The number of halogens is 1. The van der Waals surface area contributed by atoms with E-state index in [0.717, 1.165) is 29.8 Å². The molecule has 6 heteroatoms. The van der Waals surface area contributed by atoms with Crippen molar-refractivity contribution in [3.63, 3.8) is 0 Å². The van der Waals surface area contributed by atoms with Crippen LogP contribution in [0.3, 0.4) is 0 Å². The fraction of sp³-hybridized carbons (Fsp3) is 0.400. The molecule has 2 aliphatic rings. The molecule has 2 saturated heterocycles. The summed E-state index contributed by atoms with van der Waals surface area (Å²) in [6.45, 7) is 1.31. The molecule has 1 N–H and O–H groups in total. The summed E-state index contributed by atoms with van der Waals surface area (Å²) in [5, 5.41) is 7.52. The minimum atomic E-state index is -0.264. The Morgan fingerprint density at radius 1 is 1.06 bits per heavy atom. The van der Waals surface area contributed by atoms with Crippen LogP contribution in [-0.4, -0.2) is 35.3 Å². The van der Waals surface area contributed by atoms with Gasteiger partial charge in [-0.2, -0.15) is 0 Å². The second kappa shape index (κ2) is 8.81. The summed E-state index contributed by atoms with van der Waals surface area (Å²) in [7, 11) is 2.25. The Hall–Kier alpha value is -2.70. The average Bonchev–Trinajstić information content (AvgIpc) is 3.30. The quantitative estimate of drug-likeness (QED) is 0.595. The van der Waals surface area contributed by atoms with E-state index in [9.17, 15) is 4.39 Å². The number of piperidine rings is 1. The molecular weight excluding hydrogens is 393 g/mol. The van der Waals surface area contributed by atoms with Gasteiger partial charge in [0.25, 0.3) is 0 Å². The van der Waals surface area contributed by atoms with E-state index in [0.29, 0.717) is 37.0 Å². The molecule has 2 fully saturated rings. The van der Waals surface area contributed by atoms with Gasteiger partial charge in [-0.15, -0.1) is 0 Å². The lowest BCUT2D eigenvalue weighted by atomic mass is 10.0. The van der Waals surface area contributed by atoms with Crippen LogP contribution in [0.1, 0.15) is 36.9 Å². The molecule has 31 heavy (non-hydrogen) atoms. The highest BCUT2D eigenvalue weighted by Gasteiger charge is 2.39. The monoisotopic (exact) mass is 421 g/mol. The zero-order valence-corrected chi connectivity index (χ0v) is 17.8. The molecule has 2 aliphatic heterocycles. The van der Waals surface area contributed by atoms with Gasteiger partial charge in [0, 0.05) is 36.8 Å². The minimum Gasteiger partial charge on any atom is -0.490 e. The molecule has 2 atom stereocenters. The Kier molecular flexibility index (Phi) is 5.74. The Balaban J connectivity index is 1.13. The molecule has 5 rings (SSSR count). The van der Waals surface area contributed by atoms with Crippen molar-refractivity contribution in [2.75, 3.05) is 7.05 Å². The number of hydrogen-bond acceptors (Lipinski definition) is 5. The molecule has 5 nitrogen and oxygen atoms in total. The summed E-state index contributed by atoms with van der Waals surface area (Å²) >= 11 is 0. The number of nitrogens with zero attached hydrogens (tertiary/aromatic N) is 2. The van der Waals surface area contributed by atoms with E-state index < -0.39 is 0 Å². The lowest BCUT2D eigenvalue weighted by Gasteiger charge is -2.36. The number of hydrogen-bond donors (Lipinski definition) is 1. The van der Waals surface area contributed by atoms with Crippen LogP contribution in [0.4, 0.5) is 4.39 Å². The third-order valence-electron chi connectivity index (χ3n) is 6.58. The lowest BCUT2D eigenvalue weighted by molar-refractivity contribution is 0.0661. The van der Waals surface area contributed by atoms with Gasteiger partial charge in [0.15, 0.2) is 5.76 Å². The van der Waals surface area contributed by atoms with E-state index in [-0.39, 0.29) is 5.82 Å². The van der Waals surface area contributed by atoms with Crippen LogP contribution in [0.2, 0.25) is 0 Å². The van der Waals surface area contributed by atoms with Gasteiger partial charge in [0.1, 0.15) is 17.7 Å². The first kappa shape index (κ1) is 20.2. The predicted octanol–water partition coefficient (Wildman–Crippen LogP) is 4.77. The Morgan fingerprint density at radius 3 is 2.61 bits per heavy atom. The highest BCUT2D eigenvalue weighted by Crippen LogP contribution is 2.36. The SMILES string of the molecule is CN1C2CCC1CC(Oc1cccc(CNCc3cc(-c4ccc(F)cc4)on3)c1)C2. The Morgan fingerprint density at radius 2 is 1.84 bits per heavy atom. The maximum atomic E-state index is 13.1. The standard InChI is InChI=1S/C25H28FN3O2/c1-29-21-9-10-22(29)14-24(13-21)30-23-4-2-3-17(11-23)15-27-16-20-12-25(31-28-20)18-5-7-19(26)8-6-18/h2-8,11-12,21-22,24,27H,9-10,13-16H2,1H3. The number of fused-ring (bicyclic) bond motifs is 2. The van der Waals surface area contributed by atoms with Gasteiger partial charge in [0.2, 0.25) is 0 Å². The summed E-state index contributed by atoms with van der Waals surface area (Å²) < 4.78 is 24.8. The minimum absolute atomic E-state index is 0.264. The van der Waals surface area contributed by atoms with E-state index in [4.69, 9.17) is 9.26 Å². The van der Waals surface area contributed by atoms with Crippen LogP contribution in [0.15, 0.2) is 59.1 Å². The first-order valence-electron chi connectivity index (χ1n) is 11.0. The van der Waals surface area contributed by atoms with Crippen LogP contribution in [0, 0.1) is 5.82 Å². The molecule has 162 valence electrons. The molecule has 0 amide bonds. The zero-order valence-electron chi connectivity index (χ0n) is 17.8. The van der Waals surface area contributed by atoms with Crippen molar-refractivity contribution in [3.05, 3.63) is 71.7 Å². The summed E-state index contributed by atoms with van der Waals surface area (Å²) in [6.07, 6.45) is 5.17. The number of rotatable bonds is 7. The summed E-state index contributed by atoms with van der Waals surface area (Å²) in [5.41, 5.74) is 2.80. The van der Waals surface area contributed by atoms with Crippen molar-refractivity contribution in [1.29, 1.82) is 0 Å². The van der Waals surface area contributed by atoms with Crippen LogP contribution < -0.4 is 10.1 Å². The first-order valence-corrected chi connectivity index (χ1v) is 11.0. The fourth-order valence-electron chi connectivity index (χ4n) is 4.86. The Bertz CT molecular complexity index is 1010. The van der Waals surface area contributed by atoms with Gasteiger partial charge >= 0.3 is 0 Å². The normalized spacial score (nSPS) is 23.2. The van der Waals surface area contributed by atoms with Crippen molar-refractivity contribution in [3.8, 4) is 17.1 Å². The molecule has 0 saturated carbocycles. The first-order chi connectivity index (χ1) is 15.1. The van der Waals surface area contributed by atoms with E-state index in [1.54, 1.807) is 12.1 Å². The third-order valence-corrected chi connectivity index (χ3v) is 6.58. The van der Waals surface area contributed by atoms with Crippen LogP contribution >= 0.6 is 0 Å². The summed E-state index contributed by atoms with van der Waals surface area (Å²) in [6, 6.07) is 17.8. The average molecular weight is 422 g/mol. The van der Waals surface area contributed by atoms with E-state index in [2.05, 4.69) is 46.7 Å². The molecule has 0 aliphatic carbocycles. The van der Waals surface area contributed by atoms with Gasteiger partial charge in [-0.05, 0) is 74.7 Å². The molecule has 3 heterocycles. The molecule has 2 aromatic carbocycles. The van der Waals surface area contributed by atoms with Gasteiger partial charge in [0.05, 0.1) is 5.69 Å². The van der Waals surface area contributed by atoms with E-state index in [1.807, 2.05) is 6.07 Å². The molecule has 1 aromatic heterocycles. The maximum Gasteiger partial charge on any atom is 0.167 e. The van der Waals surface area contributed by atoms with Crippen LogP contribution in [0.25, 0.3) is 11.3 Å². The number of nitrogens with one attached hydrogen (secondary N) is 1. The Labute approximate surface area is 182 Å². The smallest absolute Gasteiger partial charge is 0.167 e. The largest absolute Gasteiger partial charge is 0.490 e. The zero-order chi connectivity index (χ0) is 21.2. The molecule has 2 bridgehead atoms. The second-order valence-corrected chi connectivity index (χ2v) is 8.70. The lowest BCUT2D eigenvalue weighted by Crippen LogP contribution is -2.43. The maximum absolute atomic E-state index is 13.1. The van der Waals surface area contributed by atoms with Crippen LogP contribution in [0.5, 0.6) is 5.75 Å². The van der Waals surface area contributed by atoms with Crippen molar-refractivity contribution >= 4 is 0 Å². The van der Waals surface area contributed by atoms with E-state index in [1.165, 1.54) is 30.5 Å². The summed E-state index contributed by atoms with van der Waals surface area (Å²) in [5.74, 6) is 1.33. The molecule has 3 aromatic rings. The van der Waals surface area contributed by atoms with Gasteiger partial charge in [-0.3, -0.25) is 0 Å².